The molecule has 9 nitrogen and oxygen atoms in total. The molecular weight excluding hydrogens is 256 g/mol. The number of ether oxygens (including phenoxy) is 1. The number of nitrogens with one attached hydrogen (secondary N) is 1. The highest BCUT2D eigenvalue weighted by Gasteiger charge is 2.19. The number of benzene rings is 1. The van der Waals surface area contributed by atoms with E-state index in [1.54, 1.807) is 0 Å². The fourth-order valence-electron chi connectivity index (χ4n) is 1.52. The molecule has 9 heteroatoms. The van der Waals surface area contributed by atoms with Crippen molar-refractivity contribution in [2.24, 2.45) is 0 Å². The summed E-state index contributed by atoms with van der Waals surface area (Å²) in [5.41, 5.74) is 0.676. The minimum atomic E-state index is -0.560. The number of nitro groups is 1. The number of nitro benzene ring substituents is 1. The second-order valence-corrected chi connectivity index (χ2v) is 3.62. The number of rotatable bonds is 5. The van der Waals surface area contributed by atoms with E-state index >= 15 is 0 Å². The molecule has 0 saturated carbocycles. The Hall–Kier alpha value is -2.71. The maximum atomic E-state index is 10.8. The van der Waals surface area contributed by atoms with Gasteiger partial charge in [-0.25, -0.2) is 4.63 Å². The summed E-state index contributed by atoms with van der Waals surface area (Å²) in [4.78, 5) is 20.8. The van der Waals surface area contributed by atoms with E-state index in [2.05, 4.69) is 20.3 Å². The molecule has 100 valence electrons. The molecular formula is C10H10N4O5. The molecule has 0 amide bonds. The molecule has 0 unspecified atom stereocenters. The molecule has 2 rings (SSSR count). The van der Waals surface area contributed by atoms with Gasteiger partial charge in [0.15, 0.2) is 5.52 Å². The second-order valence-electron chi connectivity index (χ2n) is 3.62. The summed E-state index contributed by atoms with van der Waals surface area (Å²) in [6.07, 6.45) is 0. The van der Waals surface area contributed by atoms with Crippen LogP contribution in [0.1, 0.15) is 6.92 Å². The zero-order valence-corrected chi connectivity index (χ0v) is 9.95. The fraction of sp³-hybridized carbons (Fsp3) is 0.300. The SMILES string of the molecule is CC(=O)OCCNc1ccc([N+](=O)[O-])c2nonc12. The number of aromatic nitrogens is 2. The smallest absolute Gasteiger partial charge is 0.302 e. The number of hydrogen-bond donors (Lipinski definition) is 1. The molecule has 1 heterocycles. The Kier molecular flexibility index (Phi) is 3.55. The molecule has 19 heavy (non-hydrogen) atoms. The lowest BCUT2D eigenvalue weighted by atomic mass is 10.2. The van der Waals surface area contributed by atoms with Gasteiger partial charge in [-0.05, 0) is 16.4 Å². The Bertz CT molecular complexity index is 623. The summed E-state index contributed by atoms with van der Waals surface area (Å²) in [5.74, 6) is -0.376. The van der Waals surface area contributed by atoms with Crippen molar-refractivity contribution in [1.29, 1.82) is 0 Å². The Balaban J connectivity index is 2.16. The average molecular weight is 266 g/mol. The largest absolute Gasteiger partial charge is 0.464 e. The Morgan fingerprint density at radius 2 is 2.21 bits per heavy atom. The summed E-state index contributed by atoms with van der Waals surface area (Å²) in [6.45, 7) is 1.84. The topological polar surface area (TPSA) is 120 Å². The quantitative estimate of drug-likeness (QED) is 0.369. The van der Waals surface area contributed by atoms with Crippen LogP contribution in [0.2, 0.25) is 0 Å². The summed E-state index contributed by atoms with van der Waals surface area (Å²) in [7, 11) is 0. The molecule has 0 bridgehead atoms. The van der Waals surface area contributed by atoms with E-state index in [9.17, 15) is 14.9 Å². The van der Waals surface area contributed by atoms with E-state index in [4.69, 9.17) is 4.74 Å². The van der Waals surface area contributed by atoms with Gasteiger partial charge < -0.3 is 10.1 Å². The number of esters is 1. The first-order valence-electron chi connectivity index (χ1n) is 5.36. The van der Waals surface area contributed by atoms with Gasteiger partial charge in [-0.2, -0.15) is 0 Å². The van der Waals surface area contributed by atoms with Crippen molar-refractivity contribution in [3.05, 3.63) is 22.2 Å². The number of nitrogens with zero attached hydrogens (tertiary/aromatic N) is 3. The minimum Gasteiger partial charge on any atom is -0.464 e. The third kappa shape index (κ3) is 2.76. The van der Waals surface area contributed by atoms with Gasteiger partial charge in [-0.15, -0.1) is 0 Å². The Morgan fingerprint density at radius 1 is 1.47 bits per heavy atom. The molecule has 0 saturated heterocycles. The predicted octanol–water partition coefficient (Wildman–Crippen LogP) is 1.11. The van der Waals surface area contributed by atoms with Crippen LogP contribution in [0.25, 0.3) is 11.0 Å². The van der Waals surface area contributed by atoms with Crippen molar-refractivity contribution < 1.29 is 19.1 Å². The molecule has 1 aromatic carbocycles. The van der Waals surface area contributed by atoms with Crippen molar-refractivity contribution in [3.8, 4) is 0 Å². The van der Waals surface area contributed by atoms with Crippen LogP contribution in [0.5, 0.6) is 0 Å². The average Bonchev–Trinajstić information content (AvgIpc) is 2.83. The highest BCUT2D eigenvalue weighted by Crippen LogP contribution is 2.28. The second kappa shape index (κ2) is 5.29. The number of anilines is 1. The minimum absolute atomic E-state index is 0.0717. The maximum Gasteiger partial charge on any atom is 0.302 e. The highest BCUT2D eigenvalue weighted by molar-refractivity contribution is 5.93. The molecule has 1 N–H and O–H groups in total. The van der Waals surface area contributed by atoms with E-state index in [-0.39, 0.29) is 29.3 Å². The molecule has 0 aliphatic heterocycles. The number of hydrogen-bond acceptors (Lipinski definition) is 8. The zero-order chi connectivity index (χ0) is 13.8. The van der Waals surface area contributed by atoms with Crippen molar-refractivity contribution in [3.63, 3.8) is 0 Å². The number of carbonyl (C=O) groups is 1. The zero-order valence-electron chi connectivity index (χ0n) is 9.95. The third-order valence-electron chi connectivity index (χ3n) is 2.31. The summed E-state index contributed by atoms with van der Waals surface area (Å²) in [5, 5.41) is 20.8. The standard InChI is InChI=1S/C10H10N4O5/c1-6(15)18-5-4-11-7-2-3-8(14(16)17)10-9(7)12-19-13-10/h2-3,11H,4-5H2,1H3. The summed E-state index contributed by atoms with van der Waals surface area (Å²) in [6, 6.07) is 2.80. The van der Waals surface area contributed by atoms with Crippen molar-refractivity contribution in [1.82, 2.24) is 10.3 Å². The molecule has 0 aliphatic rings. The number of carbonyl (C=O) groups excluding carboxylic acids is 1. The molecule has 2 aromatic rings. The normalized spacial score (nSPS) is 10.4. The molecule has 0 atom stereocenters. The lowest BCUT2D eigenvalue weighted by Gasteiger charge is -2.06. The van der Waals surface area contributed by atoms with Crippen molar-refractivity contribution in [2.75, 3.05) is 18.5 Å². The predicted molar refractivity (Wildman–Crippen MR) is 63.6 cm³/mol. The molecule has 0 aliphatic carbocycles. The molecule has 0 radical (unpaired) electrons. The molecule has 0 spiro atoms. The van der Waals surface area contributed by atoms with Gasteiger partial charge in [0, 0.05) is 19.5 Å². The van der Waals surface area contributed by atoms with Gasteiger partial charge in [-0.1, -0.05) is 0 Å². The third-order valence-corrected chi connectivity index (χ3v) is 2.31. The van der Waals surface area contributed by atoms with Gasteiger partial charge in [0.25, 0.3) is 0 Å². The summed E-state index contributed by atoms with van der Waals surface area (Å²) < 4.78 is 9.26. The summed E-state index contributed by atoms with van der Waals surface area (Å²) >= 11 is 0. The van der Waals surface area contributed by atoms with Crippen LogP contribution < -0.4 is 5.32 Å². The first kappa shape index (κ1) is 12.7. The van der Waals surface area contributed by atoms with Crippen LogP contribution in [0, 0.1) is 10.1 Å². The van der Waals surface area contributed by atoms with Crippen LogP contribution in [0.4, 0.5) is 11.4 Å². The van der Waals surface area contributed by atoms with Gasteiger partial charge in [0.1, 0.15) is 6.61 Å². The van der Waals surface area contributed by atoms with Crippen molar-refractivity contribution >= 4 is 28.4 Å². The molecule has 1 aromatic heterocycles. The fourth-order valence-corrected chi connectivity index (χ4v) is 1.52. The van der Waals surface area contributed by atoms with Crippen LogP contribution in [-0.2, 0) is 9.53 Å². The van der Waals surface area contributed by atoms with E-state index in [1.807, 2.05) is 0 Å². The van der Waals surface area contributed by atoms with Gasteiger partial charge in [0.05, 0.1) is 10.6 Å². The maximum absolute atomic E-state index is 10.8. The lowest BCUT2D eigenvalue weighted by Crippen LogP contribution is -2.12. The Labute approximate surface area is 106 Å². The monoisotopic (exact) mass is 266 g/mol. The van der Waals surface area contributed by atoms with Crippen LogP contribution in [0.15, 0.2) is 16.8 Å². The Morgan fingerprint density at radius 3 is 2.89 bits per heavy atom. The van der Waals surface area contributed by atoms with Crippen LogP contribution in [-0.4, -0.2) is 34.4 Å². The van der Waals surface area contributed by atoms with Gasteiger partial charge >= 0.3 is 11.7 Å². The van der Waals surface area contributed by atoms with Gasteiger partial charge in [0.2, 0.25) is 5.52 Å². The van der Waals surface area contributed by atoms with Crippen molar-refractivity contribution in [2.45, 2.75) is 6.92 Å². The van der Waals surface area contributed by atoms with Crippen LogP contribution >= 0.6 is 0 Å². The van der Waals surface area contributed by atoms with E-state index in [0.29, 0.717) is 12.2 Å². The van der Waals surface area contributed by atoms with E-state index in [0.717, 1.165) is 0 Å². The first-order valence-corrected chi connectivity index (χ1v) is 5.36. The van der Waals surface area contributed by atoms with E-state index in [1.165, 1.54) is 19.1 Å². The van der Waals surface area contributed by atoms with Crippen LogP contribution in [0.3, 0.4) is 0 Å². The number of non-ortho nitro benzene ring substituents is 1. The number of fused-ring (bicyclic) bond motifs is 1. The highest BCUT2D eigenvalue weighted by atomic mass is 16.6. The van der Waals surface area contributed by atoms with E-state index < -0.39 is 4.92 Å². The van der Waals surface area contributed by atoms with Gasteiger partial charge in [-0.3, -0.25) is 14.9 Å². The molecule has 0 fully saturated rings. The first-order chi connectivity index (χ1) is 9.09. The lowest BCUT2D eigenvalue weighted by molar-refractivity contribution is -0.383.